The van der Waals surface area contributed by atoms with Gasteiger partial charge in [-0.05, 0) is 25.0 Å². The summed E-state index contributed by atoms with van der Waals surface area (Å²) < 4.78 is 0. The molecule has 0 saturated carbocycles. The zero-order chi connectivity index (χ0) is 8.97. The molecule has 0 fully saturated rings. The number of hydrogen-bond acceptors (Lipinski definition) is 2. The molecule has 2 unspecified atom stereocenters. The Morgan fingerprint density at radius 2 is 1.92 bits per heavy atom. The largest absolute Gasteiger partial charge is 0.328 e. The van der Waals surface area contributed by atoms with E-state index in [2.05, 4.69) is 6.07 Å². The van der Waals surface area contributed by atoms with Crippen molar-refractivity contribution in [2.24, 2.45) is 11.5 Å². The van der Waals surface area contributed by atoms with Crippen LogP contribution in [0.25, 0.3) is 0 Å². The van der Waals surface area contributed by atoms with E-state index in [4.69, 9.17) is 11.5 Å². The van der Waals surface area contributed by atoms with Crippen LogP contribution in [0.4, 0.5) is 0 Å². The molecule has 2 atom stereocenters. The van der Waals surface area contributed by atoms with Gasteiger partial charge in [0.25, 0.3) is 0 Å². The van der Waals surface area contributed by atoms with Crippen molar-refractivity contribution >= 4 is 0 Å². The maximum absolute atomic E-state index is 5.90. The summed E-state index contributed by atoms with van der Waals surface area (Å²) in [4.78, 5) is 0. The van der Waals surface area contributed by atoms with Crippen molar-refractivity contribution in [1.82, 2.24) is 0 Å². The molecular formula is C10H15N2. The van der Waals surface area contributed by atoms with Crippen molar-refractivity contribution in [3.05, 3.63) is 35.9 Å². The summed E-state index contributed by atoms with van der Waals surface area (Å²) in [5.41, 5.74) is 12.7. The quantitative estimate of drug-likeness (QED) is 0.704. The lowest BCUT2D eigenvalue weighted by molar-refractivity contribution is 0.568. The highest BCUT2D eigenvalue weighted by atomic mass is 14.7. The standard InChI is InChI=1S/C10H15N2/c1-8(11)7-10(12)9-5-3-2-4-6-9/h3-6,8,10H,7,11-12H2,1H3. The third-order valence-electron chi connectivity index (χ3n) is 1.80. The van der Waals surface area contributed by atoms with Gasteiger partial charge in [0.15, 0.2) is 0 Å². The molecule has 0 aliphatic carbocycles. The molecule has 2 nitrogen and oxygen atoms in total. The van der Waals surface area contributed by atoms with Crippen molar-refractivity contribution in [1.29, 1.82) is 0 Å². The molecule has 1 aromatic carbocycles. The van der Waals surface area contributed by atoms with Gasteiger partial charge in [0.05, 0.1) is 0 Å². The van der Waals surface area contributed by atoms with E-state index in [1.54, 1.807) is 0 Å². The first-order valence-electron chi connectivity index (χ1n) is 4.17. The van der Waals surface area contributed by atoms with Crippen LogP contribution < -0.4 is 11.5 Å². The Kier molecular flexibility index (Phi) is 3.26. The van der Waals surface area contributed by atoms with Crippen LogP contribution in [0, 0.1) is 6.07 Å². The minimum absolute atomic E-state index is 0.0552. The average molecular weight is 163 g/mol. The number of nitrogens with two attached hydrogens (primary N) is 2. The normalized spacial score (nSPS) is 15.6. The molecule has 1 radical (unpaired) electrons. The van der Waals surface area contributed by atoms with E-state index in [9.17, 15) is 0 Å². The van der Waals surface area contributed by atoms with E-state index in [0.29, 0.717) is 0 Å². The van der Waals surface area contributed by atoms with Crippen LogP contribution in [-0.4, -0.2) is 6.04 Å². The second-order valence-corrected chi connectivity index (χ2v) is 3.15. The molecule has 2 heteroatoms. The highest BCUT2D eigenvalue weighted by molar-refractivity contribution is 5.17. The number of rotatable bonds is 3. The Morgan fingerprint density at radius 1 is 1.33 bits per heavy atom. The van der Waals surface area contributed by atoms with E-state index < -0.39 is 0 Å². The van der Waals surface area contributed by atoms with E-state index in [1.807, 2.05) is 31.2 Å². The molecule has 1 rings (SSSR count). The van der Waals surface area contributed by atoms with Gasteiger partial charge in [-0.2, -0.15) is 0 Å². The molecule has 0 heterocycles. The van der Waals surface area contributed by atoms with Gasteiger partial charge in [-0.25, -0.2) is 0 Å². The number of benzene rings is 1. The Morgan fingerprint density at radius 3 is 2.42 bits per heavy atom. The molecule has 1 aromatic rings. The fourth-order valence-corrected chi connectivity index (χ4v) is 1.18. The van der Waals surface area contributed by atoms with E-state index in [0.717, 1.165) is 12.0 Å². The van der Waals surface area contributed by atoms with Crippen LogP contribution in [0.15, 0.2) is 24.3 Å². The van der Waals surface area contributed by atoms with Gasteiger partial charge < -0.3 is 11.5 Å². The summed E-state index contributed by atoms with van der Waals surface area (Å²) in [7, 11) is 0. The van der Waals surface area contributed by atoms with Gasteiger partial charge in [0.1, 0.15) is 0 Å². The topological polar surface area (TPSA) is 52.0 Å². The van der Waals surface area contributed by atoms with Crippen LogP contribution in [0.3, 0.4) is 0 Å². The Bertz CT molecular complexity index is 219. The van der Waals surface area contributed by atoms with Crippen molar-refractivity contribution in [2.75, 3.05) is 0 Å². The van der Waals surface area contributed by atoms with E-state index in [-0.39, 0.29) is 12.1 Å². The monoisotopic (exact) mass is 163 g/mol. The maximum atomic E-state index is 5.90. The maximum Gasteiger partial charge on any atom is 0.0309 e. The smallest absolute Gasteiger partial charge is 0.0309 e. The molecule has 0 spiro atoms. The van der Waals surface area contributed by atoms with Crippen LogP contribution >= 0.6 is 0 Å². The van der Waals surface area contributed by atoms with Crippen LogP contribution in [-0.2, 0) is 0 Å². The van der Waals surface area contributed by atoms with Crippen molar-refractivity contribution in [3.8, 4) is 0 Å². The van der Waals surface area contributed by atoms with Crippen LogP contribution in [0.5, 0.6) is 0 Å². The fraction of sp³-hybridized carbons (Fsp3) is 0.400. The van der Waals surface area contributed by atoms with Gasteiger partial charge >= 0.3 is 0 Å². The predicted molar refractivity (Wildman–Crippen MR) is 50.5 cm³/mol. The minimum atomic E-state index is 0.0552. The summed E-state index contributed by atoms with van der Waals surface area (Å²) in [5, 5.41) is 0. The zero-order valence-electron chi connectivity index (χ0n) is 7.33. The van der Waals surface area contributed by atoms with E-state index >= 15 is 0 Å². The third kappa shape index (κ3) is 2.64. The Balaban J connectivity index is 2.59. The Labute approximate surface area is 73.6 Å². The zero-order valence-corrected chi connectivity index (χ0v) is 7.33. The molecule has 0 aliphatic rings. The van der Waals surface area contributed by atoms with Crippen molar-refractivity contribution in [3.63, 3.8) is 0 Å². The van der Waals surface area contributed by atoms with Gasteiger partial charge in [-0.15, -0.1) is 0 Å². The SMILES string of the molecule is CC(N)CC(N)c1cc[c]cc1. The molecule has 0 aromatic heterocycles. The Hall–Kier alpha value is -0.860. The first-order chi connectivity index (χ1) is 5.70. The third-order valence-corrected chi connectivity index (χ3v) is 1.80. The molecule has 0 saturated heterocycles. The average Bonchev–Trinajstić information content (AvgIpc) is 2.05. The van der Waals surface area contributed by atoms with E-state index in [1.165, 1.54) is 0 Å². The number of hydrogen-bond donors (Lipinski definition) is 2. The summed E-state index contributed by atoms with van der Waals surface area (Å²) >= 11 is 0. The molecular weight excluding hydrogens is 148 g/mol. The van der Waals surface area contributed by atoms with Gasteiger partial charge in [-0.3, -0.25) is 0 Å². The highest BCUT2D eigenvalue weighted by Gasteiger charge is 2.06. The first kappa shape index (κ1) is 9.23. The van der Waals surface area contributed by atoms with Crippen LogP contribution in [0.1, 0.15) is 24.9 Å². The summed E-state index contributed by atoms with van der Waals surface area (Å²) in [5.74, 6) is 0. The molecule has 4 N–H and O–H groups in total. The van der Waals surface area contributed by atoms with Gasteiger partial charge in [0.2, 0.25) is 0 Å². The molecule has 65 valence electrons. The molecule has 0 amide bonds. The molecule has 0 aliphatic heterocycles. The summed E-state index contributed by atoms with van der Waals surface area (Å²) in [6.45, 7) is 1.97. The summed E-state index contributed by atoms with van der Waals surface area (Å²) in [6.07, 6.45) is 0.823. The van der Waals surface area contributed by atoms with Crippen LogP contribution in [0.2, 0.25) is 0 Å². The molecule has 12 heavy (non-hydrogen) atoms. The lowest BCUT2D eigenvalue weighted by Crippen LogP contribution is -2.23. The van der Waals surface area contributed by atoms with Crippen molar-refractivity contribution < 1.29 is 0 Å². The van der Waals surface area contributed by atoms with Crippen molar-refractivity contribution in [2.45, 2.75) is 25.4 Å². The highest BCUT2D eigenvalue weighted by Crippen LogP contribution is 2.13. The van der Waals surface area contributed by atoms with Gasteiger partial charge in [0, 0.05) is 12.1 Å². The summed E-state index contributed by atoms with van der Waals surface area (Å²) in [6, 6.07) is 10.9. The lowest BCUT2D eigenvalue weighted by atomic mass is 10.0. The van der Waals surface area contributed by atoms with Gasteiger partial charge in [-0.1, -0.05) is 24.3 Å². The minimum Gasteiger partial charge on any atom is -0.328 e. The fourth-order valence-electron chi connectivity index (χ4n) is 1.18. The second-order valence-electron chi connectivity index (χ2n) is 3.15. The first-order valence-corrected chi connectivity index (χ1v) is 4.17. The second kappa shape index (κ2) is 4.24. The lowest BCUT2D eigenvalue weighted by Gasteiger charge is -2.13. The molecule has 0 bridgehead atoms. The predicted octanol–water partition coefficient (Wildman–Crippen LogP) is 1.22.